The van der Waals surface area contributed by atoms with Crippen LogP contribution in [0, 0.1) is 11.6 Å². The molecule has 1 unspecified atom stereocenters. The Hall–Kier alpha value is -3.22. The first-order valence-corrected chi connectivity index (χ1v) is 10.4. The average molecular weight is 425 g/mol. The highest BCUT2D eigenvalue weighted by atomic mass is 19.2. The van der Waals surface area contributed by atoms with Crippen LogP contribution in [0.15, 0.2) is 48.7 Å². The third-order valence-electron chi connectivity index (χ3n) is 5.88. The van der Waals surface area contributed by atoms with Gasteiger partial charge in [-0.25, -0.2) is 8.78 Å². The largest absolute Gasteiger partial charge is 0.496 e. The third-order valence-corrected chi connectivity index (χ3v) is 5.88. The number of likely N-dealkylation sites (tertiary alicyclic amines) is 1. The number of benzene rings is 2. The van der Waals surface area contributed by atoms with Gasteiger partial charge >= 0.3 is 0 Å². The second-order valence-electron chi connectivity index (χ2n) is 7.82. The second-order valence-corrected chi connectivity index (χ2v) is 7.82. The van der Waals surface area contributed by atoms with E-state index in [4.69, 9.17) is 4.74 Å². The lowest BCUT2D eigenvalue weighted by atomic mass is 9.90. The molecular formula is C24H25F2N3O2. The van der Waals surface area contributed by atoms with Gasteiger partial charge in [0, 0.05) is 36.7 Å². The van der Waals surface area contributed by atoms with Crippen molar-refractivity contribution < 1.29 is 18.3 Å². The molecule has 0 aliphatic carbocycles. The van der Waals surface area contributed by atoms with Crippen LogP contribution in [0.1, 0.15) is 36.4 Å². The van der Waals surface area contributed by atoms with Crippen LogP contribution < -0.4 is 4.74 Å². The molecule has 1 atom stereocenters. The van der Waals surface area contributed by atoms with E-state index in [1.165, 1.54) is 6.07 Å². The lowest BCUT2D eigenvalue weighted by Gasteiger charge is -2.33. The van der Waals surface area contributed by atoms with Crippen molar-refractivity contribution in [3.8, 4) is 16.9 Å². The number of carbonyl (C=O) groups excluding carboxylic acids is 1. The van der Waals surface area contributed by atoms with Gasteiger partial charge in [-0.05, 0) is 48.6 Å². The van der Waals surface area contributed by atoms with Crippen LogP contribution in [-0.4, -0.2) is 41.2 Å². The summed E-state index contributed by atoms with van der Waals surface area (Å²) in [5, 5.41) is 7.15. The van der Waals surface area contributed by atoms with Gasteiger partial charge in [-0.1, -0.05) is 24.3 Å². The zero-order chi connectivity index (χ0) is 21.8. The van der Waals surface area contributed by atoms with E-state index in [0.717, 1.165) is 48.0 Å². The quantitative estimate of drug-likeness (QED) is 0.623. The lowest BCUT2D eigenvalue weighted by Crippen LogP contribution is -2.39. The summed E-state index contributed by atoms with van der Waals surface area (Å²) in [7, 11) is 1.63. The van der Waals surface area contributed by atoms with E-state index >= 15 is 0 Å². The van der Waals surface area contributed by atoms with Crippen molar-refractivity contribution in [3.05, 3.63) is 71.6 Å². The minimum atomic E-state index is -0.888. The molecule has 2 aromatic carbocycles. The summed E-state index contributed by atoms with van der Waals surface area (Å²) in [5.41, 5.74) is 3.18. The van der Waals surface area contributed by atoms with Crippen LogP contribution in [0.5, 0.6) is 5.75 Å². The molecule has 0 radical (unpaired) electrons. The van der Waals surface area contributed by atoms with E-state index in [9.17, 15) is 13.6 Å². The highest BCUT2D eigenvalue weighted by Crippen LogP contribution is 2.34. The highest BCUT2D eigenvalue weighted by Gasteiger charge is 2.28. The van der Waals surface area contributed by atoms with Gasteiger partial charge in [-0.15, -0.1) is 0 Å². The summed E-state index contributed by atoms with van der Waals surface area (Å²) in [6, 6.07) is 11.6. The van der Waals surface area contributed by atoms with Gasteiger partial charge < -0.3 is 9.64 Å². The number of nitrogens with zero attached hydrogens (tertiary/aromatic N) is 2. The summed E-state index contributed by atoms with van der Waals surface area (Å²) in [5.74, 6) is -0.806. The van der Waals surface area contributed by atoms with Gasteiger partial charge in [-0.3, -0.25) is 9.89 Å². The Morgan fingerprint density at radius 3 is 2.87 bits per heavy atom. The van der Waals surface area contributed by atoms with Gasteiger partial charge in [-0.2, -0.15) is 5.10 Å². The Morgan fingerprint density at radius 1 is 1.23 bits per heavy atom. The number of piperidine rings is 1. The Morgan fingerprint density at radius 2 is 2.06 bits per heavy atom. The van der Waals surface area contributed by atoms with Gasteiger partial charge in [0.05, 0.1) is 13.3 Å². The zero-order valence-electron chi connectivity index (χ0n) is 17.4. The number of halogens is 2. The summed E-state index contributed by atoms with van der Waals surface area (Å²) >= 11 is 0. The number of nitrogens with one attached hydrogen (secondary N) is 1. The molecule has 1 saturated heterocycles. The number of rotatable bonds is 6. The minimum Gasteiger partial charge on any atom is -0.496 e. The van der Waals surface area contributed by atoms with Crippen molar-refractivity contribution >= 4 is 5.91 Å². The molecule has 4 rings (SSSR count). The third kappa shape index (κ3) is 4.60. The van der Waals surface area contributed by atoms with Crippen molar-refractivity contribution in [2.24, 2.45) is 0 Å². The number of ether oxygens (including phenoxy) is 1. The normalized spacial score (nSPS) is 16.4. The summed E-state index contributed by atoms with van der Waals surface area (Å²) in [4.78, 5) is 14.8. The van der Waals surface area contributed by atoms with Crippen molar-refractivity contribution in [1.29, 1.82) is 0 Å². The fraction of sp³-hybridized carbons (Fsp3) is 0.333. The van der Waals surface area contributed by atoms with Crippen LogP contribution in [0.2, 0.25) is 0 Å². The summed E-state index contributed by atoms with van der Waals surface area (Å²) in [6.07, 6.45) is 4.43. The number of para-hydroxylation sites is 1. The molecule has 1 aliphatic heterocycles. The van der Waals surface area contributed by atoms with E-state index < -0.39 is 11.6 Å². The van der Waals surface area contributed by atoms with Crippen LogP contribution in [0.3, 0.4) is 0 Å². The molecule has 1 N–H and O–H groups in total. The highest BCUT2D eigenvalue weighted by molar-refractivity contribution is 5.77. The molecule has 1 fully saturated rings. The SMILES string of the molecule is COc1ccccc1CCC(=O)N1CCCC(c2[nH]ncc2-c2ccc(F)c(F)c2)C1. The number of aryl methyl sites for hydroxylation is 1. The number of aromatic nitrogens is 2. The van der Waals surface area contributed by atoms with Crippen molar-refractivity contribution in [3.63, 3.8) is 0 Å². The van der Waals surface area contributed by atoms with E-state index in [0.29, 0.717) is 24.9 Å². The molecular weight excluding hydrogens is 400 g/mol. The maximum Gasteiger partial charge on any atom is 0.222 e. The van der Waals surface area contributed by atoms with Gasteiger partial charge in [0.15, 0.2) is 11.6 Å². The molecule has 0 spiro atoms. The molecule has 0 bridgehead atoms. The number of aromatic amines is 1. The number of H-pyrrole nitrogens is 1. The molecule has 162 valence electrons. The van der Waals surface area contributed by atoms with Crippen molar-refractivity contribution in [2.75, 3.05) is 20.2 Å². The van der Waals surface area contributed by atoms with E-state index in [1.54, 1.807) is 19.4 Å². The number of methoxy groups -OCH3 is 1. The topological polar surface area (TPSA) is 58.2 Å². The Balaban J connectivity index is 1.45. The van der Waals surface area contributed by atoms with Gasteiger partial charge in [0.1, 0.15) is 5.75 Å². The summed E-state index contributed by atoms with van der Waals surface area (Å²) in [6.45, 7) is 1.29. The number of carbonyl (C=O) groups is 1. The van der Waals surface area contributed by atoms with Crippen LogP contribution in [-0.2, 0) is 11.2 Å². The fourth-order valence-electron chi connectivity index (χ4n) is 4.25. The molecule has 2 heterocycles. The van der Waals surface area contributed by atoms with Gasteiger partial charge in [0.2, 0.25) is 5.91 Å². The fourth-order valence-corrected chi connectivity index (χ4v) is 4.25. The molecule has 0 saturated carbocycles. The zero-order valence-corrected chi connectivity index (χ0v) is 17.4. The predicted octanol–water partition coefficient (Wildman–Crippen LogP) is 4.70. The number of hydrogen-bond donors (Lipinski definition) is 1. The van der Waals surface area contributed by atoms with E-state index in [2.05, 4.69) is 10.2 Å². The van der Waals surface area contributed by atoms with Crippen LogP contribution >= 0.6 is 0 Å². The summed E-state index contributed by atoms with van der Waals surface area (Å²) < 4.78 is 32.4. The molecule has 1 aromatic heterocycles. The van der Waals surface area contributed by atoms with Crippen molar-refractivity contribution in [1.82, 2.24) is 15.1 Å². The van der Waals surface area contributed by atoms with Crippen LogP contribution in [0.4, 0.5) is 8.78 Å². The first-order valence-electron chi connectivity index (χ1n) is 10.4. The maximum absolute atomic E-state index is 13.7. The maximum atomic E-state index is 13.7. The molecule has 1 amide bonds. The first-order chi connectivity index (χ1) is 15.1. The number of hydrogen-bond acceptors (Lipinski definition) is 3. The molecule has 31 heavy (non-hydrogen) atoms. The average Bonchev–Trinajstić information content (AvgIpc) is 3.29. The standard InChI is InChI=1S/C24H25F2N3O2/c1-31-22-7-3-2-5-16(22)9-11-23(30)29-12-4-6-18(15-29)24-19(14-27-28-24)17-8-10-20(25)21(26)13-17/h2-3,5,7-8,10,13-14,18H,4,6,9,11-12,15H2,1H3,(H,27,28). The molecule has 7 heteroatoms. The first kappa shape index (κ1) is 21.0. The van der Waals surface area contributed by atoms with E-state index in [-0.39, 0.29) is 11.8 Å². The monoisotopic (exact) mass is 425 g/mol. The smallest absolute Gasteiger partial charge is 0.222 e. The van der Waals surface area contributed by atoms with Crippen molar-refractivity contribution in [2.45, 2.75) is 31.6 Å². The lowest BCUT2D eigenvalue weighted by molar-refractivity contribution is -0.132. The minimum absolute atomic E-state index is 0.0644. The second kappa shape index (κ2) is 9.29. The van der Waals surface area contributed by atoms with E-state index in [1.807, 2.05) is 29.2 Å². The number of amides is 1. The molecule has 5 nitrogen and oxygen atoms in total. The Bertz CT molecular complexity index is 1070. The molecule has 3 aromatic rings. The predicted molar refractivity (Wildman–Crippen MR) is 114 cm³/mol. The Kier molecular flexibility index (Phi) is 6.30. The molecule has 1 aliphatic rings. The Labute approximate surface area is 180 Å². The van der Waals surface area contributed by atoms with Gasteiger partial charge in [0.25, 0.3) is 0 Å². The van der Waals surface area contributed by atoms with Crippen LogP contribution in [0.25, 0.3) is 11.1 Å².